The van der Waals surface area contributed by atoms with Crippen molar-refractivity contribution in [3.8, 4) is 11.3 Å². The number of nitrogens with one attached hydrogen (secondary N) is 1. The number of nitrogens with two attached hydrogens (primary N) is 1. The lowest BCUT2D eigenvalue weighted by molar-refractivity contribution is 0.403. The van der Waals surface area contributed by atoms with Crippen molar-refractivity contribution in [2.45, 2.75) is 6.42 Å². The van der Waals surface area contributed by atoms with E-state index >= 15 is 0 Å². The van der Waals surface area contributed by atoms with Crippen LogP contribution in [0.5, 0.6) is 0 Å². The molecule has 0 saturated heterocycles. The first kappa shape index (κ1) is 16.4. The molecule has 8 heteroatoms. The summed E-state index contributed by atoms with van der Waals surface area (Å²) in [5.41, 5.74) is 8.55. The summed E-state index contributed by atoms with van der Waals surface area (Å²) in [6.07, 6.45) is 4.24. The number of fused-ring (bicyclic) bond motifs is 1. The van der Waals surface area contributed by atoms with Gasteiger partial charge >= 0.3 is 0 Å². The summed E-state index contributed by atoms with van der Waals surface area (Å²) in [6.45, 7) is 1.63. The largest absolute Gasteiger partial charge is 0.472 e. The predicted octanol–water partition coefficient (Wildman–Crippen LogP) is 2.63. The Morgan fingerprint density at radius 2 is 2.25 bits per heavy atom. The standard InChI is InChI=1S/C16H20N6OS/c1-22(2)7-3-6-18-15(17)21-16-19-12-5-9-24-14(12)13(20-16)11-4-8-23-10-11/h4-5,8-10H,3,6-7H2,1-2H3,(H3,17,18,19,20,21). The van der Waals surface area contributed by atoms with Gasteiger partial charge in [-0.25, -0.2) is 9.97 Å². The molecular weight excluding hydrogens is 324 g/mol. The van der Waals surface area contributed by atoms with E-state index in [0.717, 1.165) is 34.4 Å². The first-order chi connectivity index (χ1) is 11.6. The molecular formula is C16H20N6OS. The van der Waals surface area contributed by atoms with Gasteiger partial charge in [0.2, 0.25) is 5.95 Å². The van der Waals surface area contributed by atoms with Crippen molar-refractivity contribution < 1.29 is 4.42 Å². The van der Waals surface area contributed by atoms with E-state index in [-0.39, 0.29) is 0 Å². The fraction of sp³-hybridized carbons (Fsp3) is 0.312. The number of anilines is 1. The summed E-state index contributed by atoms with van der Waals surface area (Å²) >= 11 is 1.60. The Hall–Kier alpha value is -2.45. The highest BCUT2D eigenvalue weighted by molar-refractivity contribution is 7.17. The van der Waals surface area contributed by atoms with E-state index in [1.807, 2.05) is 31.6 Å². The number of aromatic nitrogens is 2. The van der Waals surface area contributed by atoms with Crippen LogP contribution in [0.4, 0.5) is 5.95 Å². The second-order valence-electron chi connectivity index (χ2n) is 5.59. The molecule has 0 aromatic carbocycles. The summed E-state index contributed by atoms with van der Waals surface area (Å²) in [4.78, 5) is 15.5. The van der Waals surface area contributed by atoms with Crippen LogP contribution in [0.1, 0.15) is 6.42 Å². The van der Waals surface area contributed by atoms with Crippen LogP contribution in [0.2, 0.25) is 0 Å². The Morgan fingerprint density at radius 1 is 1.38 bits per heavy atom. The Morgan fingerprint density at radius 3 is 3.00 bits per heavy atom. The zero-order valence-corrected chi connectivity index (χ0v) is 14.5. The number of hydrogen-bond donors (Lipinski definition) is 2. The number of thiophene rings is 1. The summed E-state index contributed by atoms with van der Waals surface area (Å²) in [5, 5.41) is 4.97. The van der Waals surface area contributed by atoms with Crippen LogP contribution in [0.15, 0.2) is 39.4 Å². The van der Waals surface area contributed by atoms with Gasteiger partial charge in [0.25, 0.3) is 0 Å². The van der Waals surface area contributed by atoms with Gasteiger partial charge in [0, 0.05) is 12.1 Å². The Kier molecular flexibility index (Phi) is 5.07. The lowest BCUT2D eigenvalue weighted by atomic mass is 10.2. The molecule has 0 unspecified atom stereocenters. The Balaban J connectivity index is 1.79. The van der Waals surface area contributed by atoms with E-state index in [1.165, 1.54) is 0 Å². The second kappa shape index (κ2) is 7.41. The van der Waals surface area contributed by atoms with Gasteiger partial charge in [0.1, 0.15) is 0 Å². The van der Waals surface area contributed by atoms with Crippen LogP contribution in [-0.2, 0) is 0 Å². The van der Waals surface area contributed by atoms with Crippen molar-refractivity contribution in [3.63, 3.8) is 0 Å². The molecule has 3 rings (SSSR count). The van der Waals surface area contributed by atoms with Crippen LogP contribution in [0, 0.1) is 0 Å². The molecule has 3 aromatic heterocycles. The average Bonchev–Trinajstić information content (AvgIpc) is 3.21. The molecule has 3 aromatic rings. The fourth-order valence-corrected chi connectivity index (χ4v) is 3.10. The van der Waals surface area contributed by atoms with Crippen LogP contribution < -0.4 is 11.1 Å². The van der Waals surface area contributed by atoms with Crippen LogP contribution in [0.25, 0.3) is 21.5 Å². The zero-order chi connectivity index (χ0) is 16.9. The quantitative estimate of drug-likeness (QED) is 0.406. The molecule has 3 N–H and O–H groups in total. The second-order valence-corrected chi connectivity index (χ2v) is 6.51. The highest BCUT2D eigenvalue weighted by Gasteiger charge is 2.12. The summed E-state index contributed by atoms with van der Waals surface area (Å²) in [6, 6.07) is 3.84. The van der Waals surface area contributed by atoms with Gasteiger partial charge in [-0.1, -0.05) is 0 Å². The van der Waals surface area contributed by atoms with Gasteiger partial charge < -0.3 is 15.1 Å². The van der Waals surface area contributed by atoms with Crippen LogP contribution in [0.3, 0.4) is 0 Å². The van der Waals surface area contributed by atoms with E-state index < -0.39 is 0 Å². The van der Waals surface area contributed by atoms with Crippen molar-refractivity contribution in [2.75, 3.05) is 32.5 Å². The normalized spacial score (nSPS) is 12.2. The highest BCUT2D eigenvalue weighted by Crippen LogP contribution is 2.31. The van der Waals surface area contributed by atoms with Crippen molar-refractivity contribution >= 4 is 33.5 Å². The van der Waals surface area contributed by atoms with Crippen molar-refractivity contribution in [3.05, 3.63) is 30.0 Å². The first-order valence-electron chi connectivity index (χ1n) is 7.63. The maximum atomic E-state index is 5.94. The maximum absolute atomic E-state index is 5.94. The number of rotatable bonds is 6. The molecule has 0 saturated carbocycles. The van der Waals surface area contributed by atoms with Crippen LogP contribution >= 0.6 is 11.3 Å². The van der Waals surface area contributed by atoms with E-state index in [4.69, 9.17) is 10.2 Å². The summed E-state index contributed by atoms with van der Waals surface area (Å²) in [5.74, 6) is 0.757. The number of guanidine groups is 1. The SMILES string of the molecule is CN(C)CCCN=C(N)Nc1nc(-c2ccoc2)c2sccc2n1. The summed E-state index contributed by atoms with van der Waals surface area (Å²) in [7, 11) is 4.07. The van der Waals surface area contributed by atoms with Gasteiger partial charge in [-0.2, -0.15) is 0 Å². The Bertz CT molecular complexity index is 824. The van der Waals surface area contributed by atoms with Gasteiger partial charge in [-0.3, -0.25) is 10.3 Å². The van der Waals surface area contributed by atoms with Gasteiger partial charge in [0.15, 0.2) is 5.96 Å². The van der Waals surface area contributed by atoms with E-state index in [2.05, 4.69) is 25.2 Å². The molecule has 24 heavy (non-hydrogen) atoms. The minimum absolute atomic E-state index is 0.321. The predicted molar refractivity (Wildman–Crippen MR) is 98.4 cm³/mol. The molecule has 0 aliphatic rings. The zero-order valence-electron chi connectivity index (χ0n) is 13.7. The molecule has 0 aliphatic heterocycles. The third-order valence-corrected chi connectivity index (χ3v) is 4.29. The monoisotopic (exact) mass is 344 g/mol. The lowest BCUT2D eigenvalue weighted by Gasteiger charge is -2.08. The van der Waals surface area contributed by atoms with Gasteiger partial charge in [-0.05, 0) is 44.6 Å². The van der Waals surface area contributed by atoms with E-state index in [1.54, 1.807) is 23.9 Å². The minimum atomic E-state index is 0.321. The molecule has 3 heterocycles. The number of hydrogen-bond acceptors (Lipinski definition) is 6. The topological polar surface area (TPSA) is 92.6 Å². The van der Waals surface area contributed by atoms with E-state index in [0.29, 0.717) is 18.5 Å². The molecule has 0 amide bonds. The lowest BCUT2D eigenvalue weighted by Crippen LogP contribution is -2.24. The highest BCUT2D eigenvalue weighted by atomic mass is 32.1. The third kappa shape index (κ3) is 3.90. The molecule has 0 radical (unpaired) electrons. The average molecular weight is 344 g/mol. The minimum Gasteiger partial charge on any atom is -0.472 e. The molecule has 126 valence electrons. The third-order valence-electron chi connectivity index (χ3n) is 3.38. The molecule has 0 atom stereocenters. The number of aliphatic imine (C=N–C) groups is 1. The molecule has 0 spiro atoms. The smallest absolute Gasteiger partial charge is 0.230 e. The Labute approximate surface area is 144 Å². The fourth-order valence-electron chi connectivity index (χ4n) is 2.25. The van der Waals surface area contributed by atoms with Gasteiger partial charge in [-0.15, -0.1) is 11.3 Å². The molecule has 0 aliphatic carbocycles. The van der Waals surface area contributed by atoms with Crippen molar-refractivity contribution in [2.24, 2.45) is 10.7 Å². The number of furan rings is 1. The van der Waals surface area contributed by atoms with Gasteiger partial charge in [0.05, 0.1) is 28.4 Å². The molecule has 0 fully saturated rings. The van der Waals surface area contributed by atoms with Crippen molar-refractivity contribution in [1.29, 1.82) is 0 Å². The summed E-state index contributed by atoms with van der Waals surface area (Å²) < 4.78 is 6.19. The maximum Gasteiger partial charge on any atom is 0.230 e. The number of nitrogens with zero attached hydrogens (tertiary/aromatic N) is 4. The molecule has 0 bridgehead atoms. The van der Waals surface area contributed by atoms with Crippen LogP contribution in [-0.4, -0.2) is 48.0 Å². The van der Waals surface area contributed by atoms with Crippen molar-refractivity contribution in [1.82, 2.24) is 14.9 Å². The molecule has 7 nitrogen and oxygen atoms in total. The first-order valence-corrected chi connectivity index (χ1v) is 8.51. The van der Waals surface area contributed by atoms with E-state index in [9.17, 15) is 0 Å².